The van der Waals surface area contributed by atoms with Gasteiger partial charge in [0.25, 0.3) is 0 Å². The number of carboxylic acids is 1. The topological polar surface area (TPSA) is 95.9 Å². The highest BCUT2D eigenvalue weighted by Gasteiger charge is 2.50. The van der Waals surface area contributed by atoms with Gasteiger partial charge in [-0.05, 0) is 58.9 Å². The molecule has 40 heavy (non-hydrogen) atoms. The quantitative estimate of drug-likeness (QED) is 0.378. The molecule has 3 aromatic carbocycles. The Hall–Kier alpha value is -4.13. The largest absolute Gasteiger partial charge is 0.481 e. The van der Waals surface area contributed by atoms with Gasteiger partial charge in [-0.2, -0.15) is 0 Å². The summed E-state index contributed by atoms with van der Waals surface area (Å²) in [6.07, 6.45) is 1.84. The van der Waals surface area contributed by atoms with Crippen LogP contribution in [0.5, 0.6) is 0 Å². The van der Waals surface area contributed by atoms with Gasteiger partial charge in [-0.25, -0.2) is 4.79 Å². The van der Waals surface area contributed by atoms with Crippen molar-refractivity contribution in [2.24, 2.45) is 17.8 Å². The number of carbonyl (C=O) groups is 3. The number of alkyl carbamates (subject to hydrolysis) is 1. The van der Waals surface area contributed by atoms with Crippen molar-refractivity contribution in [1.29, 1.82) is 0 Å². The highest BCUT2D eigenvalue weighted by molar-refractivity contribution is 5.80. The van der Waals surface area contributed by atoms with Crippen molar-refractivity contribution in [3.63, 3.8) is 0 Å². The van der Waals surface area contributed by atoms with Gasteiger partial charge < -0.3 is 20.1 Å². The van der Waals surface area contributed by atoms with Gasteiger partial charge in [-0.3, -0.25) is 9.59 Å². The number of aliphatic carboxylic acids is 1. The van der Waals surface area contributed by atoms with E-state index in [1.807, 2.05) is 54.6 Å². The van der Waals surface area contributed by atoms with Crippen LogP contribution in [0.1, 0.15) is 48.3 Å². The Morgan fingerprint density at radius 2 is 1.50 bits per heavy atom. The first-order chi connectivity index (χ1) is 19.5. The normalized spacial score (nSPS) is 22.4. The molecule has 2 N–H and O–H groups in total. The summed E-state index contributed by atoms with van der Waals surface area (Å²) in [4.78, 5) is 39.2. The van der Waals surface area contributed by atoms with Crippen LogP contribution in [0, 0.1) is 17.8 Å². The minimum atomic E-state index is -0.912. The monoisotopic (exact) mass is 538 g/mol. The van der Waals surface area contributed by atoms with E-state index in [4.69, 9.17) is 4.74 Å². The zero-order chi connectivity index (χ0) is 27.6. The molecule has 0 bridgehead atoms. The molecule has 206 valence electrons. The van der Waals surface area contributed by atoms with Gasteiger partial charge in [0.05, 0.1) is 6.42 Å². The van der Waals surface area contributed by atoms with Crippen LogP contribution < -0.4 is 5.32 Å². The highest BCUT2D eigenvalue weighted by atomic mass is 16.5. The van der Waals surface area contributed by atoms with Gasteiger partial charge in [0.2, 0.25) is 5.91 Å². The maximum Gasteiger partial charge on any atom is 0.407 e. The lowest BCUT2D eigenvalue weighted by Crippen LogP contribution is -2.50. The van der Waals surface area contributed by atoms with Crippen molar-refractivity contribution < 1.29 is 24.2 Å². The number of ether oxygens (including phenoxy) is 1. The van der Waals surface area contributed by atoms with E-state index in [1.165, 1.54) is 22.3 Å². The Morgan fingerprint density at radius 1 is 0.850 bits per heavy atom. The highest BCUT2D eigenvalue weighted by Crippen LogP contribution is 2.50. The summed E-state index contributed by atoms with van der Waals surface area (Å²) in [6, 6.07) is 26.2. The maximum absolute atomic E-state index is 13.5. The molecule has 0 aromatic heterocycles. The summed E-state index contributed by atoms with van der Waals surface area (Å²) in [5.74, 6) is -0.397. The first kappa shape index (κ1) is 26.1. The third kappa shape index (κ3) is 5.20. The Morgan fingerprint density at radius 3 is 2.17 bits per heavy atom. The number of hydrogen-bond donors (Lipinski definition) is 2. The van der Waals surface area contributed by atoms with E-state index in [0.717, 1.165) is 18.4 Å². The fourth-order valence-corrected chi connectivity index (χ4v) is 6.95. The van der Waals surface area contributed by atoms with Gasteiger partial charge in [0.15, 0.2) is 0 Å². The van der Waals surface area contributed by atoms with Gasteiger partial charge in [-0.15, -0.1) is 0 Å². The fraction of sp³-hybridized carbons (Fsp3) is 0.364. The van der Waals surface area contributed by atoms with Crippen molar-refractivity contribution in [2.75, 3.05) is 13.2 Å². The number of hydrogen-bond acceptors (Lipinski definition) is 4. The molecule has 0 radical (unpaired) electrons. The van der Waals surface area contributed by atoms with E-state index in [9.17, 15) is 19.5 Å². The molecule has 1 unspecified atom stereocenters. The Kier molecular flexibility index (Phi) is 7.29. The Bertz CT molecular complexity index is 1360. The summed E-state index contributed by atoms with van der Waals surface area (Å²) in [5.41, 5.74) is 5.73. The summed E-state index contributed by atoms with van der Waals surface area (Å²) >= 11 is 0. The van der Waals surface area contributed by atoms with Crippen molar-refractivity contribution in [1.82, 2.24) is 10.2 Å². The number of benzene rings is 3. The van der Waals surface area contributed by atoms with Crippen LogP contribution >= 0.6 is 0 Å². The number of carbonyl (C=O) groups excluding carboxylic acids is 2. The van der Waals surface area contributed by atoms with Crippen LogP contribution in [0.2, 0.25) is 0 Å². The summed E-state index contributed by atoms with van der Waals surface area (Å²) in [7, 11) is 0. The molecule has 3 aliphatic carbocycles. The van der Waals surface area contributed by atoms with Crippen LogP contribution in [0.25, 0.3) is 11.1 Å². The number of nitrogens with one attached hydrogen (secondary N) is 1. The van der Waals surface area contributed by atoms with E-state index in [2.05, 4.69) is 29.6 Å². The summed E-state index contributed by atoms with van der Waals surface area (Å²) in [6.45, 7) is 0.871. The maximum atomic E-state index is 13.5. The second kappa shape index (κ2) is 11.2. The van der Waals surface area contributed by atoms with Crippen LogP contribution in [0.4, 0.5) is 4.79 Å². The molecule has 3 aromatic rings. The molecule has 0 aliphatic heterocycles. The minimum absolute atomic E-state index is 0.0000403. The molecule has 6 rings (SSSR count). The second-order valence-corrected chi connectivity index (χ2v) is 11.3. The lowest BCUT2D eigenvalue weighted by atomic mass is 9.71. The van der Waals surface area contributed by atoms with Gasteiger partial charge in [0.1, 0.15) is 6.61 Å². The first-order valence-corrected chi connectivity index (χ1v) is 14.1. The Balaban J connectivity index is 1.04. The fourth-order valence-electron chi connectivity index (χ4n) is 6.95. The molecule has 0 heterocycles. The van der Waals surface area contributed by atoms with Crippen molar-refractivity contribution in [3.05, 3.63) is 95.6 Å². The van der Waals surface area contributed by atoms with E-state index in [-0.39, 0.29) is 49.3 Å². The average Bonchev–Trinajstić information content (AvgIpc) is 3.47. The van der Waals surface area contributed by atoms with Crippen LogP contribution in [-0.4, -0.2) is 47.2 Å². The lowest BCUT2D eigenvalue weighted by molar-refractivity contribution is -0.140. The standard InChI is InChI=1S/C33H34N2O5/c36-31(37)14-15-35(19-21-8-2-1-3-9-21)32(38)23-16-22-18-30(28(22)17-23)34-33(39)40-20-29-26-12-6-4-10-24(26)25-11-5-7-13-27(25)29/h1-13,22-23,28-30H,14-20H2,(H,34,39)(H,36,37)/t22-,23?,28-,30+/m1/s1. The number of nitrogens with zero attached hydrogens (tertiary/aromatic N) is 1. The molecule has 4 atom stereocenters. The molecule has 2 amide bonds. The first-order valence-electron chi connectivity index (χ1n) is 14.1. The number of rotatable bonds is 9. The average molecular weight is 539 g/mol. The van der Waals surface area contributed by atoms with Crippen molar-refractivity contribution in [2.45, 2.75) is 44.2 Å². The van der Waals surface area contributed by atoms with Gasteiger partial charge in [0, 0.05) is 31.0 Å². The van der Waals surface area contributed by atoms with Gasteiger partial charge >= 0.3 is 12.1 Å². The van der Waals surface area contributed by atoms with E-state index in [0.29, 0.717) is 18.9 Å². The smallest absolute Gasteiger partial charge is 0.407 e. The predicted octanol–water partition coefficient (Wildman–Crippen LogP) is 5.44. The summed E-state index contributed by atoms with van der Waals surface area (Å²) in [5, 5.41) is 12.3. The molecule has 0 saturated heterocycles. The number of fused-ring (bicyclic) bond motifs is 4. The predicted molar refractivity (Wildman–Crippen MR) is 150 cm³/mol. The van der Waals surface area contributed by atoms with E-state index < -0.39 is 12.1 Å². The molecule has 0 spiro atoms. The molecule has 3 aliphatic rings. The molecule has 2 saturated carbocycles. The second-order valence-electron chi connectivity index (χ2n) is 11.3. The molecule has 7 nitrogen and oxygen atoms in total. The van der Waals surface area contributed by atoms with E-state index >= 15 is 0 Å². The van der Waals surface area contributed by atoms with Crippen LogP contribution in [0.3, 0.4) is 0 Å². The lowest BCUT2D eigenvalue weighted by Gasteiger charge is -2.40. The minimum Gasteiger partial charge on any atom is -0.481 e. The number of amides is 2. The van der Waals surface area contributed by atoms with E-state index in [1.54, 1.807) is 4.90 Å². The van der Waals surface area contributed by atoms with Crippen molar-refractivity contribution in [3.8, 4) is 11.1 Å². The SMILES string of the molecule is O=C(O)CCN(Cc1ccccc1)C(=O)C1C[C@@H]2C[C@H](NC(=O)OCC3c4ccccc4-c4ccccc43)[C@@H]2C1. The van der Waals surface area contributed by atoms with Crippen LogP contribution in [0.15, 0.2) is 78.9 Å². The third-order valence-electron chi connectivity index (χ3n) is 8.94. The Labute approximate surface area is 234 Å². The molecule has 7 heteroatoms. The molecular formula is C33H34N2O5. The molecular weight excluding hydrogens is 504 g/mol. The van der Waals surface area contributed by atoms with Gasteiger partial charge in [-0.1, -0.05) is 78.9 Å². The van der Waals surface area contributed by atoms with Crippen LogP contribution in [-0.2, 0) is 20.9 Å². The van der Waals surface area contributed by atoms with Crippen molar-refractivity contribution >= 4 is 18.0 Å². The summed E-state index contributed by atoms with van der Waals surface area (Å²) < 4.78 is 5.75. The molecule has 2 fully saturated rings. The zero-order valence-corrected chi connectivity index (χ0v) is 22.4. The zero-order valence-electron chi connectivity index (χ0n) is 22.4. The number of carboxylic acid groups (broad SMARTS) is 1. The third-order valence-corrected chi connectivity index (χ3v) is 8.94.